The average molecular weight is 420 g/mol. The molecule has 0 radical (unpaired) electrons. The Morgan fingerprint density at radius 3 is 2.48 bits per heavy atom. The molecule has 0 bridgehead atoms. The summed E-state index contributed by atoms with van der Waals surface area (Å²) in [6, 6.07) is 10.7. The fraction of sp³-hybridized carbons (Fsp3) is 0. The fourth-order valence-corrected chi connectivity index (χ4v) is 4.91. The largest absolute Gasteiger partial charge is 0.505 e. The summed E-state index contributed by atoms with van der Waals surface area (Å²) in [6.45, 7) is 0. The first kappa shape index (κ1) is 17.8. The number of hydrogen-bond donors (Lipinski definition) is 1. The molecule has 4 rings (SSSR count). The van der Waals surface area contributed by atoms with E-state index in [0.717, 1.165) is 3.97 Å². The zero-order valence-corrected chi connectivity index (χ0v) is 15.9. The van der Waals surface area contributed by atoms with Crippen LogP contribution in [0.3, 0.4) is 0 Å². The predicted octanol–water partition coefficient (Wildman–Crippen LogP) is 4.35. The van der Waals surface area contributed by atoms with E-state index in [4.69, 9.17) is 23.2 Å². The van der Waals surface area contributed by atoms with E-state index >= 15 is 0 Å². The van der Waals surface area contributed by atoms with Crippen molar-refractivity contribution in [1.82, 2.24) is 13.9 Å². The first-order valence-corrected chi connectivity index (χ1v) is 9.88. The number of nitrogens with zero attached hydrogens (tertiary/aromatic N) is 3. The summed E-state index contributed by atoms with van der Waals surface area (Å²) in [5.74, 6) is -0.509. The van der Waals surface area contributed by atoms with Gasteiger partial charge in [-0.2, -0.15) is 0 Å². The van der Waals surface area contributed by atoms with Crippen molar-refractivity contribution in [3.63, 3.8) is 0 Å². The molecule has 0 aliphatic rings. The third-order valence-electron chi connectivity index (χ3n) is 4.04. The Morgan fingerprint density at radius 1 is 1.00 bits per heavy atom. The number of para-hydroxylation sites is 1. The van der Waals surface area contributed by atoms with E-state index in [-0.39, 0.29) is 9.92 Å². The molecule has 0 atom stereocenters. The maximum Gasteiger partial charge on any atom is 0.272 e. The smallest absolute Gasteiger partial charge is 0.272 e. The van der Waals surface area contributed by atoms with Crippen LogP contribution in [0.1, 0.15) is 0 Å². The van der Waals surface area contributed by atoms with Crippen LogP contribution >= 0.6 is 23.2 Å². The summed E-state index contributed by atoms with van der Waals surface area (Å²) in [6.07, 6.45) is 4.37. The molecule has 0 unspecified atom stereocenters. The van der Waals surface area contributed by atoms with Crippen molar-refractivity contribution in [1.29, 1.82) is 0 Å². The van der Waals surface area contributed by atoms with E-state index in [2.05, 4.69) is 9.97 Å². The Hall–Kier alpha value is -2.61. The molecule has 0 saturated heterocycles. The molecule has 0 aliphatic carbocycles. The third-order valence-corrected chi connectivity index (χ3v) is 6.34. The van der Waals surface area contributed by atoms with Gasteiger partial charge < -0.3 is 5.11 Å². The molecule has 0 saturated carbocycles. The van der Waals surface area contributed by atoms with Gasteiger partial charge in [0.15, 0.2) is 5.75 Å². The van der Waals surface area contributed by atoms with Crippen LogP contribution < -0.4 is 0 Å². The van der Waals surface area contributed by atoms with Crippen LogP contribution in [0, 0.1) is 0 Å². The highest BCUT2D eigenvalue weighted by molar-refractivity contribution is 7.90. The standard InChI is InChI=1S/C18H11Cl2N3O3S/c19-13-4-5-15-11(6-13)7-16(12-8-21-10-22-9-12)23(15)27(25,26)17-3-1-2-14(20)18(17)24/h1-10,24H. The normalized spacial score (nSPS) is 11.8. The van der Waals surface area contributed by atoms with Gasteiger partial charge in [-0.05, 0) is 36.4 Å². The summed E-state index contributed by atoms with van der Waals surface area (Å²) in [7, 11) is -4.18. The fourth-order valence-electron chi connectivity index (χ4n) is 2.85. The van der Waals surface area contributed by atoms with Crippen molar-refractivity contribution in [3.8, 4) is 17.0 Å². The Labute approximate surface area is 164 Å². The van der Waals surface area contributed by atoms with E-state index in [0.29, 0.717) is 27.2 Å². The Morgan fingerprint density at radius 2 is 1.74 bits per heavy atom. The molecule has 2 aromatic carbocycles. The first-order valence-electron chi connectivity index (χ1n) is 7.69. The van der Waals surface area contributed by atoms with E-state index in [1.165, 1.54) is 36.9 Å². The van der Waals surface area contributed by atoms with Gasteiger partial charge in [-0.3, -0.25) is 0 Å². The van der Waals surface area contributed by atoms with Gasteiger partial charge in [0.25, 0.3) is 10.0 Å². The molecule has 2 heterocycles. The Balaban J connectivity index is 2.10. The second-order valence-corrected chi connectivity index (χ2v) is 8.31. The van der Waals surface area contributed by atoms with Crippen molar-refractivity contribution in [2.45, 2.75) is 4.90 Å². The van der Waals surface area contributed by atoms with Crippen molar-refractivity contribution < 1.29 is 13.5 Å². The molecule has 1 N–H and O–H groups in total. The van der Waals surface area contributed by atoms with Crippen LogP contribution in [0.4, 0.5) is 0 Å². The van der Waals surface area contributed by atoms with Gasteiger partial charge in [0, 0.05) is 28.4 Å². The molecule has 6 nitrogen and oxygen atoms in total. The van der Waals surface area contributed by atoms with Gasteiger partial charge in [-0.25, -0.2) is 22.4 Å². The van der Waals surface area contributed by atoms with Crippen LogP contribution in [0.15, 0.2) is 66.1 Å². The predicted molar refractivity (Wildman–Crippen MR) is 104 cm³/mol. The molecular formula is C18H11Cl2N3O3S. The number of aromatic hydroxyl groups is 1. The van der Waals surface area contributed by atoms with E-state index in [9.17, 15) is 13.5 Å². The summed E-state index contributed by atoms with van der Waals surface area (Å²) in [5, 5.41) is 11.3. The Bertz CT molecular complexity index is 1270. The summed E-state index contributed by atoms with van der Waals surface area (Å²) >= 11 is 12.0. The second-order valence-electron chi connectivity index (χ2n) is 5.72. The lowest BCUT2D eigenvalue weighted by molar-refractivity contribution is 0.458. The topological polar surface area (TPSA) is 85.1 Å². The maximum atomic E-state index is 13.4. The number of halogens is 2. The number of phenols is 1. The molecule has 0 aliphatic heterocycles. The van der Waals surface area contributed by atoms with Crippen molar-refractivity contribution >= 4 is 44.1 Å². The molecule has 27 heavy (non-hydrogen) atoms. The summed E-state index contributed by atoms with van der Waals surface area (Å²) < 4.78 is 28.0. The van der Waals surface area contributed by atoms with E-state index < -0.39 is 15.8 Å². The molecular weight excluding hydrogens is 409 g/mol. The highest BCUT2D eigenvalue weighted by Gasteiger charge is 2.27. The van der Waals surface area contributed by atoms with Crippen molar-refractivity contribution in [2.75, 3.05) is 0 Å². The van der Waals surface area contributed by atoms with Crippen LogP contribution in [0.2, 0.25) is 10.0 Å². The summed E-state index contributed by atoms with van der Waals surface area (Å²) in [4.78, 5) is 7.62. The molecule has 2 aromatic heterocycles. The lowest BCUT2D eigenvalue weighted by Crippen LogP contribution is -2.14. The van der Waals surface area contributed by atoms with Gasteiger partial charge in [-0.15, -0.1) is 0 Å². The average Bonchev–Trinajstić information content (AvgIpc) is 3.04. The molecule has 0 spiro atoms. The second kappa shape index (κ2) is 6.53. The monoisotopic (exact) mass is 419 g/mol. The lowest BCUT2D eigenvalue weighted by atomic mass is 10.2. The van der Waals surface area contributed by atoms with E-state index in [1.807, 2.05) is 0 Å². The minimum absolute atomic E-state index is 0.0554. The number of rotatable bonds is 3. The quantitative estimate of drug-likeness (QED) is 0.533. The number of fused-ring (bicyclic) bond motifs is 1. The maximum absolute atomic E-state index is 13.4. The number of benzene rings is 2. The molecule has 0 fully saturated rings. The number of hydrogen-bond acceptors (Lipinski definition) is 5. The van der Waals surface area contributed by atoms with Gasteiger partial charge in [0.05, 0.1) is 16.2 Å². The summed E-state index contributed by atoms with van der Waals surface area (Å²) in [5.41, 5.74) is 1.24. The number of phenolic OH excluding ortho intramolecular Hbond substituents is 1. The molecule has 9 heteroatoms. The van der Waals surface area contributed by atoms with Gasteiger partial charge in [0.1, 0.15) is 11.2 Å². The first-order chi connectivity index (χ1) is 12.9. The minimum Gasteiger partial charge on any atom is -0.505 e. The van der Waals surface area contributed by atoms with Crippen molar-refractivity contribution in [2.24, 2.45) is 0 Å². The Kier molecular flexibility index (Phi) is 4.30. The highest BCUT2D eigenvalue weighted by Crippen LogP contribution is 2.37. The van der Waals surface area contributed by atoms with Crippen LogP contribution in [0.25, 0.3) is 22.2 Å². The van der Waals surface area contributed by atoms with Gasteiger partial charge in [0.2, 0.25) is 0 Å². The van der Waals surface area contributed by atoms with Crippen LogP contribution in [-0.4, -0.2) is 27.5 Å². The zero-order valence-electron chi connectivity index (χ0n) is 13.5. The van der Waals surface area contributed by atoms with Crippen molar-refractivity contribution in [3.05, 3.63) is 71.2 Å². The molecule has 4 aromatic rings. The van der Waals surface area contributed by atoms with Gasteiger partial charge >= 0.3 is 0 Å². The third kappa shape index (κ3) is 2.93. The van der Waals surface area contributed by atoms with E-state index in [1.54, 1.807) is 24.3 Å². The van der Waals surface area contributed by atoms with Crippen LogP contribution in [0.5, 0.6) is 5.75 Å². The van der Waals surface area contributed by atoms with Crippen LogP contribution in [-0.2, 0) is 10.0 Å². The molecule has 136 valence electrons. The number of aromatic nitrogens is 3. The SMILES string of the molecule is O=S(=O)(c1cccc(Cl)c1O)n1c(-c2cncnc2)cc2cc(Cl)ccc21. The molecule has 0 amide bonds. The minimum atomic E-state index is -4.18. The zero-order chi connectivity index (χ0) is 19.2. The van der Waals surface area contributed by atoms with Gasteiger partial charge in [-0.1, -0.05) is 29.3 Å². The highest BCUT2D eigenvalue weighted by atomic mass is 35.5. The lowest BCUT2D eigenvalue weighted by Gasteiger charge is -2.13.